The number of nitrogens with one attached hydrogen (secondary N) is 1. The first-order valence-corrected chi connectivity index (χ1v) is 9.60. The summed E-state index contributed by atoms with van der Waals surface area (Å²) in [5.74, 6) is 0.782. The monoisotopic (exact) mass is 307 g/mol. The minimum atomic E-state index is 0.782. The van der Waals surface area contributed by atoms with Gasteiger partial charge in [-0.05, 0) is 51.7 Å². The molecule has 1 N–H and O–H groups in total. The van der Waals surface area contributed by atoms with Crippen LogP contribution in [-0.2, 0) is 13.0 Å². The topological polar surface area (TPSA) is 28.2 Å². The lowest BCUT2D eigenvalue weighted by molar-refractivity contribution is 0.343. The molecule has 118 valence electrons. The Morgan fingerprint density at radius 2 is 2.10 bits per heavy atom. The number of nitrogens with zero attached hydrogens (tertiary/aromatic N) is 2. The maximum Gasteiger partial charge on any atom is 0.0944 e. The van der Waals surface area contributed by atoms with Crippen molar-refractivity contribution in [2.45, 2.75) is 64.3 Å². The lowest BCUT2D eigenvalue weighted by Crippen LogP contribution is -2.21. The van der Waals surface area contributed by atoms with Crippen LogP contribution in [0.5, 0.6) is 0 Å². The summed E-state index contributed by atoms with van der Waals surface area (Å²) in [6.45, 7) is 8.23. The maximum absolute atomic E-state index is 4.98. The molecule has 0 aromatic carbocycles. The van der Waals surface area contributed by atoms with Crippen molar-refractivity contribution >= 4 is 11.3 Å². The number of likely N-dealkylation sites (tertiary alicyclic amines) is 1. The van der Waals surface area contributed by atoms with Crippen molar-refractivity contribution in [3.05, 3.63) is 15.6 Å². The molecule has 1 aromatic heterocycles. The van der Waals surface area contributed by atoms with Gasteiger partial charge in [-0.25, -0.2) is 4.98 Å². The van der Waals surface area contributed by atoms with E-state index in [1.54, 1.807) is 0 Å². The second-order valence-electron chi connectivity index (χ2n) is 6.52. The van der Waals surface area contributed by atoms with Crippen LogP contribution in [-0.4, -0.2) is 36.1 Å². The Bertz CT molecular complexity index is 433. The average molecular weight is 308 g/mol. The number of hydrogen-bond acceptors (Lipinski definition) is 4. The van der Waals surface area contributed by atoms with E-state index in [1.807, 2.05) is 11.3 Å². The molecule has 1 aliphatic heterocycles. The predicted molar refractivity (Wildman–Crippen MR) is 90.1 cm³/mol. The minimum Gasteiger partial charge on any atom is -0.312 e. The van der Waals surface area contributed by atoms with Crippen LogP contribution in [0.1, 0.15) is 66.9 Å². The highest BCUT2D eigenvalue weighted by molar-refractivity contribution is 7.11. The van der Waals surface area contributed by atoms with Gasteiger partial charge < -0.3 is 10.2 Å². The summed E-state index contributed by atoms with van der Waals surface area (Å²) in [6.07, 6.45) is 9.19. The van der Waals surface area contributed by atoms with Gasteiger partial charge in [0.05, 0.1) is 10.7 Å². The van der Waals surface area contributed by atoms with Crippen molar-refractivity contribution in [1.82, 2.24) is 15.2 Å². The van der Waals surface area contributed by atoms with Gasteiger partial charge in [-0.15, -0.1) is 11.3 Å². The molecule has 0 bridgehead atoms. The first-order valence-electron chi connectivity index (χ1n) is 8.78. The molecule has 0 spiro atoms. The Morgan fingerprint density at radius 3 is 2.81 bits per heavy atom. The molecule has 1 saturated heterocycles. The third kappa shape index (κ3) is 4.51. The number of unbranched alkanes of at least 4 members (excludes halogenated alkanes) is 1. The van der Waals surface area contributed by atoms with Gasteiger partial charge in [-0.3, -0.25) is 0 Å². The van der Waals surface area contributed by atoms with Crippen LogP contribution in [0.25, 0.3) is 0 Å². The molecule has 1 saturated carbocycles. The first kappa shape index (κ1) is 15.4. The van der Waals surface area contributed by atoms with E-state index in [0.717, 1.165) is 25.4 Å². The molecule has 0 amide bonds. The predicted octanol–water partition coefficient (Wildman–Crippen LogP) is 3.55. The zero-order valence-electron chi connectivity index (χ0n) is 13.4. The largest absolute Gasteiger partial charge is 0.312 e. The molecular formula is C17H29N3S. The molecule has 0 atom stereocenters. The smallest absolute Gasteiger partial charge is 0.0944 e. The third-order valence-corrected chi connectivity index (χ3v) is 5.70. The van der Waals surface area contributed by atoms with Gasteiger partial charge in [0.2, 0.25) is 0 Å². The lowest BCUT2D eigenvalue weighted by Gasteiger charge is -2.12. The highest BCUT2D eigenvalue weighted by Crippen LogP contribution is 2.42. The van der Waals surface area contributed by atoms with Gasteiger partial charge in [0, 0.05) is 30.3 Å². The Balaban J connectivity index is 1.53. The molecule has 3 nitrogen and oxygen atoms in total. The molecule has 21 heavy (non-hydrogen) atoms. The molecule has 1 aromatic rings. The standard InChI is InChI=1S/C17H29N3S/c1-2-3-9-18-13-15-17(14-6-7-14)19-16(21-15)8-12-20-10-4-5-11-20/h14,18H,2-13H2,1H3. The quantitative estimate of drug-likeness (QED) is 0.707. The Hall–Kier alpha value is -0.450. The highest BCUT2D eigenvalue weighted by atomic mass is 32.1. The van der Waals surface area contributed by atoms with E-state index in [4.69, 9.17) is 4.98 Å². The fourth-order valence-electron chi connectivity index (χ4n) is 3.09. The first-order chi connectivity index (χ1) is 10.4. The van der Waals surface area contributed by atoms with Crippen molar-refractivity contribution in [1.29, 1.82) is 0 Å². The summed E-state index contributed by atoms with van der Waals surface area (Å²) in [4.78, 5) is 9.10. The Labute approximate surface area is 133 Å². The molecule has 2 aliphatic rings. The summed E-state index contributed by atoms with van der Waals surface area (Å²) in [5, 5.41) is 4.97. The molecule has 1 aliphatic carbocycles. The molecular weight excluding hydrogens is 278 g/mol. The molecule has 2 fully saturated rings. The molecule has 3 rings (SSSR count). The van der Waals surface area contributed by atoms with E-state index in [1.165, 1.54) is 73.7 Å². The lowest BCUT2D eigenvalue weighted by atomic mass is 10.2. The second kappa shape index (κ2) is 7.70. The van der Waals surface area contributed by atoms with Gasteiger partial charge >= 0.3 is 0 Å². The van der Waals surface area contributed by atoms with Crippen LogP contribution >= 0.6 is 11.3 Å². The number of thiazole rings is 1. The fourth-order valence-corrected chi connectivity index (χ4v) is 4.20. The summed E-state index contributed by atoms with van der Waals surface area (Å²) < 4.78 is 0. The normalized spacial score (nSPS) is 19.5. The van der Waals surface area contributed by atoms with Crippen molar-refractivity contribution in [2.75, 3.05) is 26.2 Å². The van der Waals surface area contributed by atoms with Crippen LogP contribution in [0.2, 0.25) is 0 Å². The SMILES string of the molecule is CCCCNCc1sc(CCN2CCCC2)nc1C1CC1. The number of hydrogen-bond donors (Lipinski definition) is 1. The van der Waals surface area contributed by atoms with E-state index in [0.29, 0.717) is 0 Å². The number of aromatic nitrogens is 1. The van der Waals surface area contributed by atoms with Gasteiger partial charge in [0.1, 0.15) is 0 Å². The summed E-state index contributed by atoms with van der Waals surface area (Å²) >= 11 is 1.97. The van der Waals surface area contributed by atoms with Gasteiger partial charge in [0.15, 0.2) is 0 Å². The van der Waals surface area contributed by atoms with Crippen LogP contribution in [0.4, 0.5) is 0 Å². The van der Waals surface area contributed by atoms with E-state index in [2.05, 4.69) is 17.1 Å². The van der Waals surface area contributed by atoms with Gasteiger partial charge in [0.25, 0.3) is 0 Å². The van der Waals surface area contributed by atoms with Crippen molar-refractivity contribution < 1.29 is 0 Å². The summed E-state index contributed by atoms with van der Waals surface area (Å²) in [6, 6.07) is 0. The maximum atomic E-state index is 4.98. The van der Waals surface area contributed by atoms with E-state index in [9.17, 15) is 0 Å². The van der Waals surface area contributed by atoms with Crippen molar-refractivity contribution in [2.24, 2.45) is 0 Å². The highest BCUT2D eigenvalue weighted by Gasteiger charge is 2.29. The van der Waals surface area contributed by atoms with Crippen molar-refractivity contribution in [3.8, 4) is 0 Å². The Morgan fingerprint density at radius 1 is 1.29 bits per heavy atom. The van der Waals surface area contributed by atoms with E-state index >= 15 is 0 Å². The molecule has 0 radical (unpaired) electrons. The fraction of sp³-hybridized carbons (Fsp3) is 0.824. The third-order valence-electron chi connectivity index (χ3n) is 4.57. The van der Waals surface area contributed by atoms with Crippen LogP contribution in [0, 0.1) is 0 Å². The van der Waals surface area contributed by atoms with Crippen molar-refractivity contribution in [3.63, 3.8) is 0 Å². The molecule has 2 heterocycles. The second-order valence-corrected chi connectivity index (χ2v) is 7.69. The van der Waals surface area contributed by atoms with E-state index in [-0.39, 0.29) is 0 Å². The average Bonchev–Trinajstić information content (AvgIpc) is 3.05. The Kier molecular flexibility index (Phi) is 5.67. The van der Waals surface area contributed by atoms with Crippen LogP contribution in [0.3, 0.4) is 0 Å². The van der Waals surface area contributed by atoms with Crippen LogP contribution < -0.4 is 5.32 Å². The zero-order valence-corrected chi connectivity index (χ0v) is 14.2. The number of rotatable bonds is 9. The molecule has 4 heteroatoms. The zero-order chi connectivity index (χ0) is 14.5. The van der Waals surface area contributed by atoms with Gasteiger partial charge in [-0.1, -0.05) is 13.3 Å². The van der Waals surface area contributed by atoms with Gasteiger partial charge in [-0.2, -0.15) is 0 Å². The summed E-state index contributed by atoms with van der Waals surface area (Å²) in [7, 11) is 0. The van der Waals surface area contributed by atoms with Crippen LogP contribution in [0.15, 0.2) is 0 Å². The van der Waals surface area contributed by atoms with E-state index < -0.39 is 0 Å². The summed E-state index contributed by atoms with van der Waals surface area (Å²) in [5.41, 5.74) is 1.43. The molecule has 0 unspecified atom stereocenters. The minimum absolute atomic E-state index is 0.782.